The Bertz CT molecular complexity index is 1720. The van der Waals surface area contributed by atoms with Crippen molar-refractivity contribution in [3.8, 4) is 11.6 Å². The molecule has 0 radical (unpaired) electrons. The summed E-state index contributed by atoms with van der Waals surface area (Å²) >= 11 is 0. The Morgan fingerprint density at radius 1 is 1.08 bits per heavy atom. The topological polar surface area (TPSA) is 129 Å². The first-order chi connectivity index (χ1) is 24.9. The third kappa shape index (κ3) is 9.60. The van der Waals surface area contributed by atoms with Crippen molar-refractivity contribution in [2.45, 2.75) is 84.6 Å². The molecule has 1 aliphatic carbocycles. The maximum Gasteiger partial charge on any atom is 0.408 e. The molecule has 2 aromatic rings. The van der Waals surface area contributed by atoms with Crippen LogP contribution in [0.1, 0.15) is 60.1 Å². The minimum atomic E-state index is -3.63. The molecule has 2 amide bonds. The summed E-state index contributed by atoms with van der Waals surface area (Å²) in [5, 5.41) is 2.77. The molecule has 2 fully saturated rings. The number of halogens is 2. The van der Waals surface area contributed by atoms with Crippen LogP contribution in [0.5, 0.6) is 11.6 Å². The Kier molecular flexibility index (Phi) is 13.1. The zero-order valence-corrected chi connectivity index (χ0v) is 31.6. The van der Waals surface area contributed by atoms with Crippen LogP contribution in [0.25, 0.3) is 11.0 Å². The van der Waals surface area contributed by atoms with Crippen molar-refractivity contribution in [1.29, 1.82) is 0 Å². The third-order valence-corrected chi connectivity index (χ3v) is 9.60. The van der Waals surface area contributed by atoms with Gasteiger partial charge in [-0.05, 0) is 48.3 Å². The van der Waals surface area contributed by atoms with Crippen molar-refractivity contribution >= 4 is 29.0 Å². The number of fused-ring (bicyclic) bond motifs is 1. The standard InChI is InChI=1S/C40H52F2N4O7/c1-11-14-15-26-18-25(12-2)19-30(26)53-38(49)45-34(39(7,8)9)36(47)46-21-31(24(6)32(46)37(48)51-22-23(4)5)52-35-33(40(41,42)13-3)43-28-17-16-27(50-10)20-29(28)44-35/h11-17,20,23-26,30-32,34H,1-3,18-19,21-22H2,4-10H3,(H,45,49)/b15-14+/t24-,25-,26-,30-,31+,32+,34-/m1/s1. The Hall–Kier alpha value is -4.81. The molecule has 11 nitrogen and oxygen atoms in total. The highest BCUT2D eigenvalue weighted by Crippen LogP contribution is 2.39. The van der Waals surface area contributed by atoms with Crippen molar-refractivity contribution < 1.29 is 42.1 Å². The van der Waals surface area contributed by atoms with Gasteiger partial charge in [0.1, 0.15) is 30.0 Å². The van der Waals surface area contributed by atoms with Crippen LogP contribution in [0.15, 0.2) is 68.3 Å². The SMILES string of the molecule is C=C/C=C/[C@@H]1C[C@@H](C=C)C[C@H]1OC(=O)N[C@H](C(=O)N1C[C@H](Oc2nc3cc(OC)ccc3nc2C(F)(F)C=C)[C@@H](C)[C@H]1C(=O)OCC(C)C)C(C)(C)C. The van der Waals surface area contributed by atoms with E-state index in [2.05, 4.69) is 35.0 Å². The summed E-state index contributed by atoms with van der Waals surface area (Å²) in [6.07, 6.45) is 6.74. The quantitative estimate of drug-likeness (QED) is 0.122. The van der Waals surface area contributed by atoms with Crippen LogP contribution in [0.3, 0.4) is 0 Å². The van der Waals surface area contributed by atoms with E-state index in [0.29, 0.717) is 18.2 Å². The van der Waals surface area contributed by atoms with Crippen LogP contribution in [0.2, 0.25) is 0 Å². The van der Waals surface area contributed by atoms with E-state index < -0.39 is 71.1 Å². The number of carbonyl (C=O) groups is 3. The van der Waals surface area contributed by atoms with Crippen LogP contribution in [-0.2, 0) is 25.0 Å². The van der Waals surface area contributed by atoms with Gasteiger partial charge in [-0.2, -0.15) is 8.78 Å². The minimum Gasteiger partial charge on any atom is -0.497 e. The molecular weight excluding hydrogens is 686 g/mol. The number of carbonyl (C=O) groups excluding carboxylic acids is 3. The number of nitrogens with one attached hydrogen (secondary N) is 1. The van der Waals surface area contributed by atoms with Gasteiger partial charge in [-0.3, -0.25) is 4.79 Å². The van der Waals surface area contributed by atoms with E-state index in [0.717, 1.165) is 6.42 Å². The van der Waals surface area contributed by atoms with Gasteiger partial charge in [0.05, 0.1) is 31.3 Å². The number of nitrogens with zero attached hydrogens (tertiary/aromatic N) is 3. The van der Waals surface area contributed by atoms with Crippen LogP contribution >= 0.6 is 0 Å². The lowest BCUT2D eigenvalue weighted by molar-refractivity contribution is -0.156. The Morgan fingerprint density at radius 3 is 2.40 bits per heavy atom. The molecule has 1 saturated heterocycles. The predicted octanol–water partition coefficient (Wildman–Crippen LogP) is 7.17. The molecule has 1 aromatic heterocycles. The summed E-state index contributed by atoms with van der Waals surface area (Å²) in [4.78, 5) is 51.6. The molecule has 53 heavy (non-hydrogen) atoms. The fourth-order valence-corrected chi connectivity index (χ4v) is 6.62. The molecular formula is C40H52F2N4O7. The lowest BCUT2D eigenvalue weighted by atomic mass is 9.85. The van der Waals surface area contributed by atoms with E-state index in [1.54, 1.807) is 45.9 Å². The minimum absolute atomic E-state index is 0.000557. The largest absolute Gasteiger partial charge is 0.497 e. The fraction of sp³-hybridized carbons (Fsp3) is 0.525. The van der Waals surface area contributed by atoms with E-state index in [9.17, 15) is 14.4 Å². The van der Waals surface area contributed by atoms with Crippen molar-refractivity contribution in [1.82, 2.24) is 20.2 Å². The number of hydrogen-bond donors (Lipinski definition) is 1. The number of likely N-dealkylation sites (tertiary alicyclic amines) is 1. The van der Waals surface area contributed by atoms with Gasteiger partial charge in [0.15, 0.2) is 5.69 Å². The first-order valence-electron chi connectivity index (χ1n) is 17.8. The van der Waals surface area contributed by atoms with Gasteiger partial charge >= 0.3 is 18.0 Å². The van der Waals surface area contributed by atoms with Crippen LogP contribution in [-0.4, -0.2) is 77.4 Å². The molecule has 2 heterocycles. The van der Waals surface area contributed by atoms with E-state index in [4.69, 9.17) is 18.9 Å². The van der Waals surface area contributed by atoms with Crippen molar-refractivity contribution in [3.05, 3.63) is 74.0 Å². The van der Waals surface area contributed by atoms with Gasteiger partial charge in [0.2, 0.25) is 11.8 Å². The number of alkyl halides is 2. The number of ether oxygens (including phenoxy) is 4. The maximum absolute atomic E-state index is 15.3. The van der Waals surface area contributed by atoms with Gasteiger partial charge in [0.25, 0.3) is 0 Å². The average Bonchev–Trinajstić information content (AvgIpc) is 3.66. The van der Waals surface area contributed by atoms with Gasteiger partial charge in [-0.15, -0.1) is 6.58 Å². The van der Waals surface area contributed by atoms with Crippen LogP contribution in [0.4, 0.5) is 13.6 Å². The summed E-state index contributed by atoms with van der Waals surface area (Å²) in [6, 6.07) is 2.27. The number of esters is 1. The molecule has 0 bridgehead atoms. The number of alkyl carbamates (subject to hydrolysis) is 1. The lowest BCUT2D eigenvalue weighted by Gasteiger charge is -2.35. The number of rotatable bonds is 14. The summed E-state index contributed by atoms with van der Waals surface area (Å²) in [7, 11) is 1.46. The highest BCUT2D eigenvalue weighted by Gasteiger charge is 2.51. The lowest BCUT2D eigenvalue weighted by Crippen LogP contribution is -2.57. The second kappa shape index (κ2) is 16.9. The number of amides is 2. The molecule has 1 saturated carbocycles. The molecule has 1 aromatic carbocycles. The van der Waals surface area contributed by atoms with Crippen LogP contribution < -0.4 is 14.8 Å². The number of allylic oxidation sites excluding steroid dienone is 4. The molecule has 0 spiro atoms. The maximum atomic E-state index is 15.3. The van der Waals surface area contributed by atoms with Crippen LogP contribution in [0, 0.1) is 29.1 Å². The van der Waals surface area contributed by atoms with Crippen molar-refractivity contribution in [3.63, 3.8) is 0 Å². The van der Waals surface area contributed by atoms with Gasteiger partial charge in [-0.25, -0.2) is 19.6 Å². The van der Waals surface area contributed by atoms with Gasteiger partial charge in [0, 0.05) is 17.9 Å². The zero-order valence-electron chi connectivity index (χ0n) is 31.6. The molecule has 1 N–H and O–H groups in total. The first-order valence-corrected chi connectivity index (χ1v) is 17.8. The first kappa shape index (κ1) is 41.0. The predicted molar refractivity (Wildman–Crippen MR) is 197 cm³/mol. The second-order valence-corrected chi connectivity index (χ2v) is 15.2. The number of aromatic nitrogens is 2. The molecule has 13 heteroatoms. The molecule has 7 atom stereocenters. The summed E-state index contributed by atoms with van der Waals surface area (Å²) in [5.41, 5.74) is -1.22. The number of methoxy groups -OCH3 is 1. The van der Waals surface area contributed by atoms with E-state index in [1.807, 2.05) is 26.0 Å². The average molecular weight is 739 g/mol. The molecule has 0 unspecified atom stereocenters. The number of benzene rings is 1. The molecule has 4 rings (SSSR count). The molecule has 1 aliphatic heterocycles. The molecule has 288 valence electrons. The highest BCUT2D eigenvalue weighted by atomic mass is 19.3. The van der Waals surface area contributed by atoms with E-state index in [-0.39, 0.29) is 41.9 Å². The molecule has 2 aliphatic rings. The summed E-state index contributed by atoms with van der Waals surface area (Å²) in [6.45, 7) is 21.5. The highest BCUT2D eigenvalue weighted by molar-refractivity contribution is 5.91. The fourth-order valence-electron chi connectivity index (χ4n) is 6.62. The normalized spacial score (nSPS) is 23.8. The van der Waals surface area contributed by atoms with Gasteiger partial charge in [-0.1, -0.05) is 79.0 Å². The Morgan fingerprint density at radius 2 is 1.79 bits per heavy atom. The zero-order chi connectivity index (χ0) is 39.2. The van der Waals surface area contributed by atoms with Gasteiger partial charge < -0.3 is 29.2 Å². The smallest absolute Gasteiger partial charge is 0.408 e. The third-order valence-electron chi connectivity index (χ3n) is 9.60. The monoisotopic (exact) mass is 738 g/mol. The van der Waals surface area contributed by atoms with E-state index >= 15 is 8.78 Å². The van der Waals surface area contributed by atoms with Crippen molar-refractivity contribution in [2.75, 3.05) is 20.3 Å². The Labute approximate surface area is 310 Å². The Balaban J connectivity index is 1.68. The van der Waals surface area contributed by atoms with E-state index in [1.165, 1.54) is 24.1 Å². The van der Waals surface area contributed by atoms with Crippen molar-refractivity contribution in [2.24, 2.45) is 29.1 Å². The number of hydrogen-bond acceptors (Lipinski definition) is 9. The summed E-state index contributed by atoms with van der Waals surface area (Å²) in [5.74, 6) is -5.65. The second-order valence-electron chi connectivity index (χ2n) is 15.2. The summed E-state index contributed by atoms with van der Waals surface area (Å²) < 4.78 is 53.5.